The highest BCUT2D eigenvalue weighted by Crippen LogP contribution is 2.34. The molecule has 24 nitrogen and oxygen atoms in total. The van der Waals surface area contributed by atoms with E-state index in [1.54, 1.807) is 6.07 Å². The quantitative estimate of drug-likeness (QED) is 0.0495. The van der Waals surface area contributed by atoms with Crippen molar-refractivity contribution in [3.63, 3.8) is 0 Å². The highest BCUT2D eigenvalue weighted by atomic mass is 19.4. The highest BCUT2D eigenvalue weighted by molar-refractivity contribution is 6.02. The molecular weight excluding hydrogens is 1090 g/mol. The van der Waals surface area contributed by atoms with Crippen LogP contribution in [0.25, 0.3) is 45.1 Å². The van der Waals surface area contributed by atoms with Gasteiger partial charge in [0.05, 0.1) is 44.1 Å². The van der Waals surface area contributed by atoms with Crippen LogP contribution >= 0.6 is 0 Å². The molecule has 10 rings (SSSR count). The molecule has 2 unspecified atom stereocenters. The number of aliphatic hydroxyl groups excluding tert-OH is 4. The Hall–Kier alpha value is -8.93. The first-order valence-corrected chi connectivity index (χ1v) is 26.0. The molecule has 0 bridgehead atoms. The topological polar surface area (TPSA) is 317 Å². The van der Waals surface area contributed by atoms with Gasteiger partial charge in [-0.05, 0) is 93.1 Å². The van der Waals surface area contributed by atoms with E-state index in [4.69, 9.17) is 0 Å². The first-order chi connectivity index (χ1) is 39.2. The number of pyridine rings is 2. The maximum Gasteiger partial charge on any atom is 0.416 e. The van der Waals surface area contributed by atoms with Crippen LogP contribution in [0.3, 0.4) is 0 Å². The molecule has 2 aliphatic carbocycles. The Kier molecular flexibility index (Phi) is 16.9. The number of halogens is 5. The second-order valence-electron chi connectivity index (χ2n) is 19.5. The number of hydrogen-bond acceptors (Lipinski definition) is 14. The second kappa shape index (κ2) is 24.0. The molecule has 2 fully saturated rings. The van der Waals surface area contributed by atoms with Gasteiger partial charge in [-0.1, -0.05) is 19.9 Å². The number of anilines is 4. The number of urea groups is 2. The lowest BCUT2D eigenvalue weighted by atomic mass is 10.2. The van der Waals surface area contributed by atoms with Crippen LogP contribution in [-0.4, -0.2) is 119 Å². The number of aromatic amines is 2. The molecule has 0 radical (unpaired) electrons. The molecule has 6 heterocycles. The third-order valence-electron chi connectivity index (χ3n) is 13.2. The minimum Gasteiger partial charge on any atom is -0.394 e. The van der Waals surface area contributed by atoms with Gasteiger partial charge in [0.1, 0.15) is 34.3 Å². The number of H-pyrrole nitrogens is 2. The standard InChI is InChI=1S/C27H28F3N7O5.C26H27F2N7O5/c1-2-10-35-23-21(24(40)37(26(35)42)18-7-8-18)33-22(34-23)15-6-9-20(31-12-15)36(13-19(39)14-38)25(41)32-17-5-3-4-16(11-17)27(28,29)30;1-2-9-33-23-21(24(38)35(26(33)40)16-5-6-16)31-22(32-23)14-3-8-20(29-11-14)34(12-17(37)13-36)25(39)30-15-4-7-18(27)19(28)10-15/h3-6,9,11-12,18-19,38-39H,2,7-8,10,13-14H2,1H3,(H,32,41)(H,33,34);3-4,7-8,10-11,16-17,36-37H,2,5-6,9,12-13H2,1H3,(H,30,39)(H,31,32). The summed E-state index contributed by atoms with van der Waals surface area (Å²) in [5.41, 5.74) is -1.08. The molecule has 0 spiro atoms. The van der Waals surface area contributed by atoms with Crippen molar-refractivity contribution in [2.75, 3.05) is 46.7 Å². The third kappa shape index (κ3) is 12.4. The Morgan fingerprint density at radius 2 is 1.11 bits per heavy atom. The van der Waals surface area contributed by atoms with Crippen LogP contribution in [0.15, 0.2) is 98.3 Å². The zero-order valence-corrected chi connectivity index (χ0v) is 43.9. The molecule has 2 aromatic carbocycles. The molecule has 4 amide bonds. The fourth-order valence-electron chi connectivity index (χ4n) is 8.90. The summed E-state index contributed by atoms with van der Waals surface area (Å²) in [4.78, 5) is 104. The summed E-state index contributed by atoms with van der Waals surface area (Å²) in [6, 6.07) is 10.9. The molecule has 0 saturated heterocycles. The molecule has 82 heavy (non-hydrogen) atoms. The van der Waals surface area contributed by atoms with Crippen molar-refractivity contribution in [1.29, 1.82) is 0 Å². The smallest absolute Gasteiger partial charge is 0.394 e. The van der Waals surface area contributed by atoms with Crippen molar-refractivity contribution in [3.8, 4) is 22.8 Å². The van der Waals surface area contributed by atoms with E-state index in [0.29, 0.717) is 37.1 Å². The molecule has 8 N–H and O–H groups in total. The van der Waals surface area contributed by atoms with Crippen molar-refractivity contribution in [1.82, 2.24) is 48.2 Å². The van der Waals surface area contributed by atoms with Gasteiger partial charge in [-0.2, -0.15) is 13.2 Å². The Labute approximate surface area is 459 Å². The van der Waals surface area contributed by atoms with Crippen LogP contribution in [0.4, 0.5) is 54.6 Å². The number of carbonyl (C=O) groups is 2. The van der Waals surface area contributed by atoms with Gasteiger partial charge in [-0.25, -0.2) is 47.9 Å². The predicted molar refractivity (Wildman–Crippen MR) is 290 cm³/mol. The number of aromatic nitrogens is 10. The van der Waals surface area contributed by atoms with Gasteiger partial charge in [-0.15, -0.1) is 0 Å². The second-order valence-corrected chi connectivity index (χ2v) is 19.5. The normalized spacial score (nSPS) is 14.1. The monoisotopic (exact) mass is 1140 g/mol. The maximum atomic E-state index is 13.6. The van der Waals surface area contributed by atoms with Gasteiger partial charge in [-0.3, -0.25) is 37.7 Å². The minimum atomic E-state index is -4.61. The van der Waals surface area contributed by atoms with Crippen LogP contribution < -0.4 is 42.9 Å². The number of carbonyl (C=O) groups excluding carboxylic acids is 2. The fraction of sp³-hybridized carbons (Fsp3) is 0.358. The number of aryl methyl sites for hydroxylation is 2. The average molecular weight is 1140 g/mol. The van der Waals surface area contributed by atoms with Crippen molar-refractivity contribution >= 4 is 57.4 Å². The number of imidazole rings is 2. The van der Waals surface area contributed by atoms with E-state index in [-0.39, 0.29) is 75.6 Å². The number of nitrogens with one attached hydrogen (secondary N) is 4. The molecule has 2 saturated carbocycles. The number of hydrogen-bond donors (Lipinski definition) is 8. The van der Waals surface area contributed by atoms with Crippen molar-refractivity contribution in [3.05, 3.63) is 138 Å². The molecule has 2 aliphatic rings. The van der Waals surface area contributed by atoms with Gasteiger partial charge in [0.25, 0.3) is 11.1 Å². The van der Waals surface area contributed by atoms with E-state index in [9.17, 15) is 71.1 Å². The van der Waals surface area contributed by atoms with E-state index < -0.39 is 89.9 Å². The van der Waals surface area contributed by atoms with Crippen LogP contribution in [0.5, 0.6) is 0 Å². The van der Waals surface area contributed by atoms with Gasteiger partial charge in [0, 0.05) is 66.1 Å². The van der Waals surface area contributed by atoms with E-state index in [0.717, 1.165) is 65.8 Å². The van der Waals surface area contributed by atoms with Gasteiger partial charge in [0.15, 0.2) is 22.9 Å². The number of alkyl halides is 3. The van der Waals surface area contributed by atoms with Gasteiger partial charge in [0.2, 0.25) is 0 Å². The number of fused-ring (bicyclic) bond motifs is 2. The van der Waals surface area contributed by atoms with E-state index >= 15 is 0 Å². The fourth-order valence-corrected chi connectivity index (χ4v) is 8.90. The summed E-state index contributed by atoms with van der Waals surface area (Å²) in [6.07, 6.45) is -0.194. The number of amides is 4. The first kappa shape index (κ1) is 57.7. The number of benzene rings is 2. The molecule has 6 aromatic heterocycles. The van der Waals surface area contributed by atoms with Crippen LogP contribution in [0, 0.1) is 11.6 Å². The van der Waals surface area contributed by atoms with Crippen LogP contribution in [0.1, 0.15) is 70.0 Å². The summed E-state index contributed by atoms with van der Waals surface area (Å²) in [7, 11) is 0. The van der Waals surface area contributed by atoms with Gasteiger partial charge >= 0.3 is 29.6 Å². The largest absolute Gasteiger partial charge is 0.416 e. The minimum absolute atomic E-state index is 0.0193. The summed E-state index contributed by atoms with van der Waals surface area (Å²) in [5.74, 6) is -1.59. The lowest BCUT2D eigenvalue weighted by molar-refractivity contribution is -0.137. The van der Waals surface area contributed by atoms with Crippen molar-refractivity contribution in [2.45, 2.75) is 95.9 Å². The molecule has 2 atom stereocenters. The van der Waals surface area contributed by atoms with Crippen molar-refractivity contribution < 1.29 is 52.0 Å². The summed E-state index contributed by atoms with van der Waals surface area (Å²) >= 11 is 0. The number of aliphatic hydroxyl groups is 4. The maximum absolute atomic E-state index is 13.6. The number of nitrogens with zero attached hydrogens (tertiary/aromatic N) is 10. The molecular formula is C53H55F5N14O10. The Balaban J connectivity index is 0.000000198. The van der Waals surface area contributed by atoms with E-state index in [1.165, 1.54) is 61.0 Å². The average Bonchev–Trinajstić information content (AvgIpc) is 4.58. The van der Waals surface area contributed by atoms with Crippen LogP contribution in [-0.2, 0) is 19.3 Å². The SMILES string of the molecule is CCCn1c(=O)n(C2CC2)c(=O)c2[nH]c(-c3ccc(N(CC(O)CO)C(=O)Nc4ccc(F)c(F)c4)nc3)nc21.CCCn1c(=O)n(C2CC2)c(=O)c2[nH]c(-c3ccc(N(CC(O)CO)C(=O)Nc4cccc(C(F)(F)F)c4)nc3)nc21. The van der Waals surface area contributed by atoms with E-state index in [2.05, 4.69) is 40.5 Å². The molecule has 0 aliphatic heterocycles. The lowest BCUT2D eigenvalue weighted by Crippen LogP contribution is -2.42. The Bertz CT molecular complexity index is 3910. The predicted octanol–water partition coefficient (Wildman–Crippen LogP) is 5.47. The van der Waals surface area contributed by atoms with Crippen molar-refractivity contribution in [2.24, 2.45) is 0 Å². The summed E-state index contributed by atoms with van der Waals surface area (Å²) in [6.45, 7) is 2.50. The third-order valence-corrected chi connectivity index (χ3v) is 13.2. The Morgan fingerprint density at radius 3 is 1.49 bits per heavy atom. The Morgan fingerprint density at radius 1 is 0.659 bits per heavy atom. The first-order valence-electron chi connectivity index (χ1n) is 26.0. The summed E-state index contributed by atoms with van der Waals surface area (Å²) < 4.78 is 71.7. The molecule has 29 heteroatoms. The van der Waals surface area contributed by atoms with Crippen LogP contribution in [0.2, 0.25) is 0 Å². The zero-order valence-electron chi connectivity index (χ0n) is 43.9. The lowest BCUT2D eigenvalue weighted by Gasteiger charge is -2.24. The molecule has 8 aromatic rings. The van der Waals surface area contributed by atoms with E-state index in [1.807, 2.05) is 13.8 Å². The highest BCUT2D eigenvalue weighted by Gasteiger charge is 2.33. The zero-order chi connectivity index (χ0) is 58.7. The van der Waals surface area contributed by atoms with Gasteiger partial charge < -0.3 is 41.0 Å². The molecule has 432 valence electrons. The summed E-state index contributed by atoms with van der Waals surface area (Å²) in [5, 5.41) is 43.4. The number of rotatable bonds is 18.